The van der Waals surface area contributed by atoms with Gasteiger partial charge in [0, 0.05) is 25.3 Å². The molecule has 0 bridgehead atoms. The molecule has 7 heteroatoms. The molecule has 1 fully saturated rings. The summed E-state index contributed by atoms with van der Waals surface area (Å²) in [4.78, 5) is 7.34. The second-order valence-electron chi connectivity index (χ2n) is 8.23. The zero-order chi connectivity index (χ0) is 21.5. The average molecular weight is 420 g/mol. The molecule has 3 heterocycles. The lowest BCUT2D eigenvalue weighted by Gasteiger charge is -2.33. The third-order valence-electron chi connectivity index (χ3n) is 5.91. The molecule has 31 heavy (non-hydrogen) atoms. The van der Waals surface area contributed by atoms with E-state index in [4.69, 9.17) is 4.99 Å². The minimum Gasteiger partial charge on any atom is -0.357 e. The van der Waals surface area contributed by atoms with E-state index in [1.165, 1.54) is 36.9 Å². The third-order valence-corrected chi connectivity index (χ3v) is 5.91. The molecule has 3 aromatic rings. The SMILES string of the molecule is CCNC(=NCc1ccc(CN2CCCCC2C)cc1)NCc1nnc2ccccn12. The quantitative estimate of drug-likeness (QED) is 0.454. The summed E-state index contributed by atoms with van der Waals surface area (Å²) in [5, 5.41) is 15.1. The number of hydrogen-bond acceptors (Lipinski definition) is 4. The molecule has 1 aromatic carbocycles. The predicted molar refractivity (Wildman–Crippen MR) is 125 cm³/mol. The molecular formula is C24H33N7. The average Bonchev–Trinajstić information content (AvgIpc) is 3.21. The number of rotatable bonds is 7. The van der Waals surface area contributed by atoms with Crippen molar-refractivity contribution in [2.24, 2.45) is 4.99 Å². The Kier molecular flexibility index (Phi) is 7.14. The van der Waals surface area contributed by atoms with Crippen LogP contribution in [0.2, 0.25) is 0 Å². The molecule has 0 spiro atoms. The van der Waals surface area contributed by atoms with Gasteiger partial charge in [0.05, 0.1) is 13.1 Å². The first-order chi connectivity index (χ1) is 15.2. The highest BCUT2D eigenvalue weighted by Crippen LogP contribution is 2.19. The van der Waals surface area contributed by atoms with Gasteiger partial charge >= 0.3 is 0 Å². The Balaban J connectivity index is 1.34. The lowest BCUT2D eigenvalue weighted by atomic mass is 10.0. The molecule has 2 aromatic heterocycles. The summed E-state index contributed by atoms with van der Waals surface area (Å²) in [6, 6.07) is 15.5. The number of aliphatic imine (C=N–C) groups is 1. The standard InChI is InChI=1S/C24H33N7/c1-3-25-24(27-17-23-29-28-22-9-5-7-15-31(22)23)26-16-20-10-12-21(13-11-20)18-30-14-6-4-8-19(30)2/h5,7,9-13,15,19H,3-4,6,8,14,16-18H2,1-2H3,(H2,25,26,27). The van der Waals surface area contributed by atoms with Crippen LogP contribution in [0.25, 0.3) is 5.65 Å². The summed E-state index contributed by atoms with van der Waals surface area (Å²) in [5.74, 6) is 1.64. The van der Waals surface area contributed by atoms with Crippen molar-refractivity contribution in [3.05, 3.63) is 65.6 Å². The number of fused-ring (bicyclic) bond motifs is 1. The van der Waals surface area contributed by atoms with Crippen molar-refractivity contribution >= 4 is 11.6 Å². The molecule has 1 unspecified atom stereocenters. The third kappa shape index (κ3) is 5.61. The van der Waals surface area contributed by atoms with Gasteiger partial charge in [-0.15, -0.1) is 10.2 Å². The fraction of sp³-hybridized carbons (Fsp3) is 0.458. The number of nitrogens with one attached hydrogen (secondary N) is 2. The minimum absolute atomic E-state index is 0.559. The number of benzene rings is 1. The molecule has 4 rings (SSSR count). The van der Waals surface area contributed by atoms with E-state index < -0.39 is 0 Å². The number of pyridine rings is 1. The van der Waals surface area contributed by atoms with Gasteiger partial charge in [0.1, 0.15) is 0 Å². The van der Waals surface area contributed by atoms with E-state index >= 15 is 0 Å². The number of aromatic nitrogens is 3. The minimum atomic E-state index is 0.559. The van der Waals surface area contributed by atoms with Gasteiger partial charge in [-0.05, 0) is 56.5 Å². The Morgan fingerprint density at radius 2 is 1.90 bits per heavy atom. The Hall–Kier alpha value is -2.93. The Labute approximate surface area is 184 Å². The summed E-state index contributed by atoms with van der Waals surface area (Å²) in [6.07, 6.45) is 5.98. The molecule has 0 radical (unpaired) electrons. The van der Waals surface area contributed by atoms with Crippen molar-refractivity contribution < 1.29 is 0 Å². The van der Waals surface area contributed by atoms with Crippen molar-refractivity contribution in [1.82, 2.24) is 30.1 Å². The number of nitrogens with zero attached hydrogens (tertiary/aromatic N) is 5. The van der Waals surface area contributed by atoms with Crippen molar-refractivity contribution in [2.75, 3.05) is 13.1 Å². The smallest absolute Gasteiger partial charge is 0.191 e. The van der Waals surface area contributed by atoms with E-state index in [2.05, 4.69) is 63.8 Å². The molecule has 7 nitrogen and oxygen atoms in total. The van der Waals surface area contributed by atoms with Gasteiger partial charge in [0.25, 0.3) is 0 Å². The van der Waals surface area contributed by atoms with Crippen LogP contribution < -0.4 is 10.6 Å². The maximum atomic E-state index is 4.75. The Morgan fingerprint density at radius 1 is 1.06 bits per heavy atom. The monoisotopic (exact) mass is 419 g/mol. The first-order valence-corrected chi connectivity index (χ1v) is 11.4. The van der Waals surface area contributed by atoms with Gasteiger partial charge in [-0.1, -0.05) is 36.8 Å². The molecule has 0 saturated carbocycles. The summed E-state index contributed by atoms with van der Waals surface area (Å²) in [6.45, 7) is 8.67. The zero-order valence-electron chi connectivity index (χ0n) is 18.6. The molecule has 1 saturated heterocycles. The highest BCUT2D eigenvalue weighted by molar-refractivity contribution is 5.79. The molecule has 1 aliphatic rings. The van der Waals surface area contributed by atoms with Crippen molar-refractivity contribution in [1.29, 1.82) is 0 Å². The topological polar surface area (TPSA) is 69.8 Å². The van der Waals surface area contributed by atoms with Crippen LogP contribution in [-0.2, 0) is 19.6 Å². The molecule has 0 aliphatic carbocycles. The van der Waals surface area contributed by atoms with Crippen LogP contribution in [0.3, 0.4) is 0 Å². The lowest BCUT2D eigenvalue weighted by molar-refractivity contribution is 0.152. The van der Waals surface area contributed by atoms with E-state index in [1.54, 1.807) is 0 Å². The van der Waals surface area contributed by atoms with Gasteiger partial charge in [-0.2, -0.15) is 0 Å². The van der Waals surface area contributed by atoms with E-state index in [0.717, 1.165) is 30.5 Å². The van der Waals surface area contributed by atoms with E-state index in [0.29, 0.717) is 19.1 Å². The highest BCUT2D eigenvalue weighted by Gasteiger charge is 2.17. The van der Waals surface area contributed by atoms with Gasteiger partial charge in [0.2, 0.25) is 0 Å². The van der Waals surface area contributed by atoms with Crippen LogP contribution in [-0.4, -0.2) is 44.6 Å². The molecule has 0 amide bonds. The summed E-state index contributed by atoms with van der Waals surface area (Å²) in [5.41, 5.74) is 3.44. The number of likely N-dealkylation sites (tertiary alicyclic amines) is 1. The second kappa shape index (κ2) is 10.4. The number of hydrogen-bond donors (Lipinski definition) is 2. The van der Waals surface area contributed by atoms with Gasteiger partial charge in [0.15, 0.2) is 17.4 Å². The molecule has 1 atom stereocenters. The first-order valence-electron chi connectivity index (χ1n) is 11.4. The van der Waals surface area contributed by atoms with Crippen LogP contribution in [0.4, 0.5) is 0 Å². The summed E-state index contributed by atoms with van der Waals surface area (Å²) < 4.78 is 1.98. The maximum Gasteiger partial charge on any atom is 0.191 e. The van der Waals surface area contributed by atoms with Crippen molar-refractivity contribution in [2.45, 2.75) is 58.8 Å². The summed E-state index contributed by atoms with van der Waals surface area (Å²) in [7, 11) is 0. The van der Waals surface area contributed by atoms with E-state index in [-0.39, 0.29) is 0 Å². The molecule has 1 aliphatic heterocycles. The second-order valence-corrected chi connectivity index (χ2v) is 8.23. The fourth-order valence-electron chi connectivity index (χ4n) is 4.06. The van der Waals surface area contributed by atoms with Crippen molar-refractivity contribution in [3.8, 4) is 0 Å². The van der Waals surface area contributed by atoms with Gasteiger partial charge in [-0.3, -0.25) is 9.30 Å². The normalized spacial score (nSPS) is 17.7. The molecule has 2 N–H and O–H groups in total. The predicted octanol–water partition coefficient (Wildman–Crippen LogP) is 3.36. The Bertz CT molecular complexity index is 993. The fourth-order valence-corrected chi connectivity index (χ4v) is 4.06. The molecular weight excluding hydrogens is 386 g/mol. The van der Waals surface area contributed by atoms with Crippen LogP contribution >= 0.6 is 0 Å². The lowest BCUT2D eigenvalue weighted by Crippen LogP contribution is -2.37. The van der Waals surface area contributed by atoms with Gasteiger partial charge < -0.3 is 10.6 Å². The zero-order valence-corrected chi connectivity index (χ0v) is 18.6. The molecule has 164 valence electrons. The highest BCUT2D eigenvalue weighted by atomic mass is 15.3. The van der Waals surface area contributed by atoms with Gasteiger partial charge in [-0.25, -0.2) is 4.99 Å². The number of guanidine groups is 1. The van der Waals surface area contributed by atoms with Crippen LogP contribution in [0, 0.1) is 0 Å². The van der Waals surface area contributed by atoms with Crippen LogP contribution in [0.5, 0.6) is 0 Å². The summed E-state index contributed by atoms with van der Waals surface area (Å²) >= 11 is 0. The number of piperidine rings is 1. The van der Waals surface area contributed by atoms with E-state index in [1.807, 2.05) is 28.8 Å². The van der Waals surface area contributed by atoms with Crippen LogP contribution in [0.15, 0.2) is 53.7 Å². The largest absolute Gasteiger partial charge is 0.357 e. The van der Waals surface area contributed by atoms with Crippen molar-refractivity contribution in [3.63, 3.8) is 0 Å². The van der Waals surface area contributed by atoms with Crippen LogP contribution in [0.1, 0.15) is 50.1 Å². The maximum absolute atomic E-state index is 4.75. The van der Waals surface area contributed by atoms with E-state index in [9.17, 15) is 0 Å². The Morgan fingerprint density at radius 3 is 2.71 bits per heavy atom. The first kappa shape index (κ1) is 21.3.